The average molecular weight is 361 g/mol. The maximum absolute atomic E-state index is 12.2. The number of nitrogens with one attached hydrogen (secondary N) is 2. The molecule has 0 saturated carbocycles. The molecule has 2 N–H and O–H groups in total. The van der Waals surface area contributed by atoms with Crippen molar-refractivity contribution in [1.82, 2.24) is 5.32 Å². The van der Waals surface area contributed by atoms with Crippen molar-refractivity contribution in [3.63, 3.8) is 0 Å². The number of likely N-dealkylation sites (N-methyl/N-ethyl adjacent to an activating group) is 1. The summed E-state index contributed by atoms with van der Waals surface area (Å²) in [6, 6.07) is 12.7. The van der Waals surface area contributed by atoms with Crippen molar-refractivity contribution in [3.05, 3.63) is 63.6 Å². The average Bonchev–Trinajstić information content (AvgIpc) is 2.51. The zero-order valence-corrected chi connectivity index (χ0v) is 14.0. The van der Waals surface area contributed by atoms with E-state index >= 15 is 0 Å². The Bertz CT molecular complexity index is 696. The molecule has 0 atom stereocenters. The molecule has 0 spiro atoms. The number of carbonyl (C=O) groups excluding carboxylic acids is 2. The Kier molecular flexibility index (Phi) is 5.33. The first-order chi connectivity index (χ1) is 10.5. The fraction of sp³-hybridized carbons (Fsp3) is 0.176. The topological polar surface area (TPSA) is 58.2 Å². The summed E-state index contributed by atoms with van der Waals surface area (Å²) in [4.78, 5) is 23.5. The second kappa shape index (κ2) is 7.22. The summed E-state index contributed by atoms with van der Waals surface area (Å²) in [6.07, 6.45) is 0.329. The Hall–Kier alpha value is -2.14. The Labute approximate surface area is 138 Å². The number of amides is 2. The molecule has 0 bridgehead atoms. The van der Waals surface area contributed by atoms with Gasteiger partial charge in [-0.3, -0.25) is 9.59 Å². The van der Waals surface area contributed by atoms with Crippen molar-refractivity contribution in [2.24, 2.45) is 0 Å². The lowest BCUT2D eigenvalue weighted by atomic mass is 10.1. The van der Waals surface area contributed by atoms with Crippen molar-refractivity contribution in [2.75, 3.05) is 12.4 Å². The first-order valence-corrected chi connectivity index (χ1v) is 7.66. The van der Waals surface area contributed by atoms with E-state index < -0.39 is 0 Å². The van der Waals surface area contributed by atoms with Gasteiger partial charge < -0.3 is 10.6 Å². The molecular formula is C17H17BrN2O2. The number of hydrogen-bond donors (Lipinski definition) is 2. The van der Waals surface area contributed by atoms with Crippen LogP contribution in [0.25, 0.3) is 0 Å². The van der Waals surface area contributed by atoms with Crippen LogP contribution in [0, 0.1) is 6.92 Å². The van der Waals surface area contributed by atoms with Crippen LogP contribution in [0.5, 0.6) is 0 Å². The van der Waals surface area contributed by atoms with Crippen molar-refractivity contribution in [2.45, 2.75) is 13.3 Å². The van der Waals surface area contributed by atoms with Crippen LogP contribution >= 0.6 is 15.9 Å². The minimum absolute atomic E-state index is 0.0405. The van der Waals surface area contributed by atoms with E-state index in [2.05, 4.69) is 26.6 Å². The summed E-state index contributed by atoms with van der Waals surface area (Å²) in [7, 11) is 1.61. The highest BCUT2D eigenvalue weighted by Crippen LogP contribution is 2.19. The van der Waals surface area contributed by atoms with Crippen LogP contribution in [0.4, 0.5) is 5.69 Å². The summed E-state index contributed by atoms with van der Waals surface area (Å²) in [5, 5.41) is 5.42. The van der Waals surface area contributed by atoms with Crippen molar-refractivity contribution in [3.8, 4) is 0 Å². The standard InChI is InChI=1S/C17H17BrN2O2/c1-11-3-6-13(10-15(11)18)17(22)20-14-7-4-12(5-8-14)9-16(21)19-2/h3-8,10H,9H2,1-2H3,(H,19,21)(H,20,22). The molecule has 22 heavy (non-hydrogen) atoms. The van der Waals surface area contributed by atoms with Crippen LogP contribution in [0.15, 0.2) is 46.9 Å². The van der Waals surface area contributed by atoms with E-state index in [1.54, 1.807) is 31.3 Å². The molecule has 0 aliphatic rings. The van der Waals surface area contributed by atoms with Crippen LogP contribution in [0.1, 0.15) is 21.5 Å². The van der Waals surface area contributed by atoms with E-state index in [4.69, 9.17) is 0 Å². The summed E-state index contributed by atoms with van der Waals surface area (Å²) >= 11 is 3.42. The summed E-state index contributed by atoms with van der Waals surface area (Å²) < 4.78 is 0.904. The first-order valence-electron chi connectivity index (χ1n) is 6.86. The molecule has 0 aromatic heterocycles. The zero-order valence-electron chi connectivity index (χ0n) is 12.4. The normalized spacial score (nSPS) is 10.1. The molecule has 0 aliphatic heterocycles. The molecule has 5 heteroatoms. The third-order valence-electron chi connectivity index (χ3n) is 3.29. The Morgan fingerprint density at radius 2 is 1.77 bits per heavy atom. The molecule has 114 valence electrons. The molecule has 0 radical (unpaired) electrons. The van der Waals surface area contributed by atoms with Gasteiger partial charge >= 0.3 is 0 Å². The molecule has 0 heterocycles. The maximum Gasteiger partial charge on any atom is 0.255 e. The fourth-order valence-corrected chi connectivity index (χ4v) is 2.30. The number of carbonyl (C=O) groups is 2. The molecule has 2 aromatic rings. The van der Waals surface area contributed by atoms with Gasteiger partial charge in [0.15, 0.2) is 0 Å². The maximum atomic E-state index is 12.2. The van der Waals surface area contributed by atoms with Gasteiger partial charge in [0.25, 0.3) is 5.91 Å². The van der Waals surface area contributed by atoms with Crippen molar-refractivity contribution in [1.29, 1.82) is 0 Å². The van der Waals surface area contributed by atoms with Crippen LogP contribution in [-0.2, 0) is 11.2 Å². The van der Waals surface area contributed by atoms with E-state index in [9.17, 15) is 9.59 Å². The number of benzene rings is 2. The Morgan fingerprint density at radius 1 is 1.09 bits per heavy atom. The van der Waals surface area contributed by atoms with Crippen LogP contribution < -0.4 is 10.6 Å². The minimum Gasteiger partial charge on any atom is -0.359 e. The number of aryl methyl sites for hydroxylation is 1. The zero-order chi connectivity index (χ0) is 16.1. The largest absolute Gasteiger partial charge is 0.359 e. The molecule has 0 saturated heterocycles. The van der Waals surface area contributed by atoms with E-state index in [1.807, 2.05) is 25.1 Å². The van der Waals surface area contributed by atoms with Gasteiger partial charge in [-0.05, 0) is 42.3 Å². The SMILES string of the molecule is CNC(=O)Cc1ccc(NC(=O)c2ccc(C)c(Br)c2)cc1. The molecule has 2 amide bonds. The van der Waals surface area contributed by atoms with Gasteiger partial charge in [0, 0.05) is 22.8 Å². The lowest BCUT2D eigenvalue weighted by Crippen LogP contribution is -2.19. The molecule has 4 nitrogen and oxygen atoms in total. The molecular weight excluding hydrogens is 344 g/mol. The number of halogens is 1. The molecule has 0 unspecified atom stereocenters. The second-order valence-electron chi connectivity index (χ2n) is 4.96. The fourth-order valence-electron chi connectivity index (χ4n) is 1.92. The van der Waals surface area contributed by atoms with E-state index in [1.165, 1.54) is 0 Å². The Balaban J connectivity index is 2.05. The van der Waals surface area contributed by atoms with E-state index in [0.717, 1.165) is 15.6 Å². The van der Waals surface area contributed by atoms with Crippen molar-refractivity contribution >= 4 is 33.4 Å². The Morgan fingerprint density at radius 3 is 2.36 bits per heavy atom. The molecule has 0 aliphatic carbocycles. The van der Waals surface area contributed by atoms with Gasteiger partial charge in [-0.2, -0.15) is 0 Å². The molecule has 2 rings (SSSR count). The lowest BCUT2D eigenvalue weighted by Gasteiger charge is -2.08. The quantitative estimate of drug-likeness (QED) is 0.878. The van der Waals surface area contributed by atoms with Gasteiger partial charge in [-0.1, -0.05) is 34.1 Å². The van der Waals surface area contributed by atoms with Gasteiger partial charge in [-0.25, -0.2) is 0 Å². The minimum atomic E-state index is -0.167. The van der Waals surface area contributed by atoms with Gasteiger partial charge in [-0.15, -0.1) is 0 Å². The smallest absolute Gasteiger partial charge is 0.255 e. The van der Waals surface area contributed by atoms with Crippen LogP contribution in [-0.4, -0.2) is 18.9 Å². The highest BCUT2D eigenvalue weighted by molar-refractivity contribution is 9.10. The second-order valence-corrected chi connectivity index (χ2v) is 5.82. The number of anilines is 1. The highest BCUT2D eigenvalue weighted by Gasteiger charge is 2.08. The van der Waals surface area contributed by atoms with Crippen molar-refractivity contribution < 1.29 is 9.59 Å². The number of hydrogen-bond acceptors (Lipinski definition) is 2. The molecule has 2 aromatic carbocycles. The van der Waals surface area contributed by atoms with Crippen LogP contribution in [0.2, 0.25) is 0 Å². The van der Waals surface area contributed by atoms with E-state index in [0.29, 0.717) is 17.7 Å². The summed E-state index contributed by atoms with van der Waals surface area (Å²) in [5.41, 5.74) is 3.26. The van der Waals surface area contributed by atoms with Gasteiger partial charge in [0.2, 0.25) is 5.91 Å². The first kappa shape index (κ1) is 16.2. The summed E-state index contributed by atoms with van der Waals surface area (Å²) in [5.74, 6) is -0.207. The lowest BCUT2D eigenvalue weighted by molar-refractivity contribution is -0.119. The third kappa shape index (κ3) is 4.18. The highest BCUT2D eigenvalue weighted by atomic mass is 79.9. The van der Waals surface area contributed by atoms with Gasteiger partial charge in [0.05, 0.1) is 6.42 Å². The summed E-state index contributed by atoms with van der Waals surface area (Å²) in [6.45, 7) is 1.97. The van der Waals surface area contributed by atoms with Gasteiger partial charge in [0.1, 0.15) is 0 Å². The third-order valence-corrected chi connectivity index (χ3v) is 4.14. The predicted octanol–water partition coefficient (Wildman–Crippen LogP) is 3.30. The molecule has 0 fully saturated rings. The van der Waals surface area contributed by atoms with E-state index in [-0.39, 0.29) is 11.8 Å². The predicted molar refractivity (Wildman–Crippen MR) is 91.0 cm³/mol. The van der Waals surface area contributed by atoms with Crippen LogP contribution in [0.3, 0.4) is 0 Å². The monoisotopic (exact) mass is 360 g/mol. The number of rotatable bonds is 4.